The molecule has 0 bridgehead atoms. The molecule has 1 aliphatic carbocycles. The zero-order valence-electron chi connectivity index (χ0n) is 16.5. The van der Waals surface area contributed by atoms with Crippen molar-refractivity contribution in [3.05, 3.63) is 41.9 Å². The Morgan fingerprint density at radius 1 is 1.11 bits per heavy atom. The average Bonchev–Trinajstić information content (AvgIpc) is 3.40. The number of aliphatic hydroxyl groups is 1. The summed E-state index contributed by atoms with van der Waals surface area (Å²) in [5.74, 6) is 3.34. The summed E-state index contributed by atoms with van der Waals surface area (Å²) < 4.78 is 5.28. The molecule has 5 rings (SSSR count). The first-order valence-corrected chi connectivity index (χ1v) is 10.3. The number of nitrogens with zero attached hydrogens (tertiary/aromatic N) is 4. The summed E-state index contributed by atoms with van der Waals surface area (Å²) in [6.45, 7) is 4.18. The minimum absolute atomic E-state index is 0.00174. The lowest BCUT2D eigenvalue weighted by Gasteiger charge is -2.26. The molecule has 0 amide bonds. The molecule has 1 unspecified atom stereocenters. The van der Waals surface area contributed by atoms with Gasteiger partial charge < -0.3 is 19.6 Å². The topological polar surface area (TPSA) is 61.7 Å². The maximum absolute atomic E-state index is 9.79. The minimum Gasteiger partial charge on any atom is -0.497 e. The SMILES string of the molecule is COc1ccc(N2CCC3(CCN(c4nc(C5CC5)ncc4CO)C3)C2)cc1. The molecule has 6 heteroatoms. The highest BCUT2D eigenvalue weighted by Gasteiger charge is 2.44. The third kappa shape index (κ3) is 3.20. The summed E-state index contributed by atoms with van der Waals surface area (Å²) in [5, 5.41) is 9.79. The Kier molecular flexibility index (Phi) is 4.38. The van der Waals surface area contributed by atoms with Gasteiger partial charge in [0.1, 0.15) is 17.4 Å². The van der Waals surface area contributed by atoms with Crippen LogP contribution in [0.3, 0.4) is 0 Å². The molecule has 6 nitrogen and oxygen atoms in total. The van der Waals surface area contributed by atoms with Crippen LogP contribution in [0.25, 0.3) is 0 Å². The molecule has 3 heterocycles. The van der Waals surface area contributed by atoms with Crippen molar-refractivity contribution in [3.8, 4) is 5.75 Å². The van der Waals surface area contributed by atoms with Gasteiger partial charge in [0.25, 0.3) is 0 Å². The van der Waals surface area contributed by atoms with E-state index in [1.807, 2.05) is 18.3 Å². The minimum atomic E-state index is 0.00174. The lowest BCUT2D eigenvalue weighted by Crippen LogP contribution is -2.31. The molecule has 2 aromatic rings. The molecular weight excluding hydrogens is 352 g/mol. The third-order valence-electron chi connectivity index (χ3n) is 6.59. The van der Waals surface area contributed by atoms with Crippen molar-refractivity contribution in [2.75, 3.05) is 43.1 Å². The van der Waals surface area contributed by atoms with Crippen molar-refractivity contribution in [1.29, 1.82) is 0 Å². The number of hydrogen-bond donors (Lipinski definition) is 1. The van der Waals surface area contributed by atoms with Crippen LogP contribution in [0.5, 0.6) is 5.75 Å². The van der Waals surface area contributed by atoms with E-state index >= 15 is 0 Å². The Morgan fingerprint density at radius 2 is 1.82 bits per heavy atom. The van der Waals surface area contributed by atoms with Crippen LogP contribution >= 0.6 is 0 Å². The zero-order valence-corrected chi connectivity index (χ0v) is 16.5. The lowest BCUT2D eigenvalue weighted by molar-refractivity contribution is 0.281. The van der Waals surface area contributed by atoms with Crippen LogP contribution in [0.15, 0.2) is 30.5 Å². The Morgan fingerprint density at radius 3 is 2.50 bits per heavy atom. The van der Waals surface area contributed by atoms with Crippen LogP contribution in [0.2, 0.25) is 0 Å². The van der Waals surface area contributed by atoms with Crippen LogP contribution < -0.4 is 14.5 Å². The summed E-state index contributed by atoms with van der Waals surface area (Å²) in [6.07, 6.45) is 6.59. The van der Waals surface area contributed by atoms with E-state index in [1.165, 1.54) is 31.4 Å². The Hall–Kier alpha value is -2.34. The molecule has 28 heavy (non-hydrogen) atoms. The molecule has 1 saturated carbocycles. The van der Waals surface area contributed by atoms with Crippen LogP contribution in [0, 0.1) is 5.41 Å². The maximum Gasteiger partial charge on any atom is 0.137 e. The van der Waals surface area contributed by atoms with E-state index in [-0.39, 0.29) is 6.61 Å². The number of anilines is 2. The van der Waals surface area contributed by atoms with Gasteiger partial charge in [-0.3, -0.25) is 0 Å². The fraction of sp³-hybridized carbons (Fsp3) is 0.545. The first kappa shape index (κ1) is 17.7. The van der Waals surface area contributed by atoms with Gasteiger partial charge in [-0.05, 0) is 49.9 Å². The smallest absolute Gasteiger partial charge is 0.137 e. The average molecular weight is 380 g/mol. The highest BCUT2D eigenvalue weighted by Crippen LogP contribution is 2.44. The first-order chi connectivity index (χ1) is 13.7. The number of aliphatic hydroxyl groups excluding tert-OH is 1. The second-order valence-electron chi connectivity index (χ2n) is 8.55. The Bertz CT molecular complexity index is 852. The third-order valence-corrected chi connectivity index (χ3v) is 6.59. The Labute approximate surface area is 166 Å². The molecule has 2 aliphatic heterocycles. The molecule has 3 fully saturated rings. The van der Waals surface area contributed by atoms with Crippen molar-refractivity contribution in [1.82, 2.24) is 9.97 Å². The maximum atomic E-state index is 9.79. The molecule has 1 N–H and O–H groups in total. The van der Waals surface area contributed by atoms with Gasteiger partial charge in [-0.25, -0.2) is 9.97 Å². The van der Waals surface area contributed by atoms with E-state index in [0.717, 1.165) is 49.1 Å². The van der Waals surface area contributed by atoms with E-state index in [0.29, 0.717) is 11.3 Å². The van der Waals surface area contributed by atoms with Crippen LogP contribution in [-0.4, -0.2) is 48.4 Å². The fourth-order valence-electron chi connectivity index (χ4n) is 4.73. The van der Waals surface area contributed by atoms with E-state index in [4.69, 9.17) is 9.72 Å². The lowest BCUT2D eigenvalue weighted by atomic mass is 9.86. The van der Waals surface area contributed by atoms with Gasteiger partial charge in [-0.2, -0.15) is 0 Å². The monoisotopic (exact) mass is 380 g/mol. The van der Waals surface area contributed by atoms with Crippen molar-refractivity contribution in [2.24, 2.45) is 5.41 Å². The van der Waals surface area contributed by atoms with Crippen molar-refractivity contribution < 1.29 is 9.84 Å². The normalized spacial score (nSPS) is 24.4. The van der Waals surface area contributed by atoms with E-state index in [9.17, 15) is 5.11 Å². The second kappa shape index (κ2) is 6.92. The van der Waals surface area contributed by atoms with Gasteiger partial charge in [-0.1, -0.05) is 0 Å². The van der Waals surface area contributed by atoms with Crippen LogP contribution in [0.4, 0.5) is 11.5 Å². The summed E-state index contributed by atoms with van der Waals surface area (Å²) in [4.78, 5) is 14.2. The number of aromatic nitrogens is 2. The number of benzene rings is 1. The molecule has 1 aromatic heterocycles. The standard InChI is InChI=1S/C22H28N4O2/c1-28-19-6-4-18(5-7-19)25-10-8-22(14-25)9-11-26(15-22)21-17(13-27)12-23-20(24-21)16-2-3-16/h4-7,12,16,27H,2-3,8-11,13-15H2,1H3. The Balaban J connectivity index is 1.32. The summed E-state index contributed by atoms with van der Waals surface area (Å²) >= 11 is 0. The summed E-state index contributed by atoms with van der Waals surface area (Å²) in [6, 6.07) is 8.38. The molecule has 1 aromatic carbocycles. The summed E-state index contributed by atoms with van der Waals surface area (Å²) in [5.41, 5.74) is 2.42. The van der Waals surface area contributed by atoms with E-state index in [1.54, 1.807) is 7.11 Å². The highest BCUT2D eigenvalue weighted by atomic mass is 16.5. The molecule has 2 saturated heterocycles. The number of methoxy groups -OCH3 is 1. The second-order valence-corrected chi connectivity index (χ2v) is 8.55. The van der Waals surface area contributed by atoms with Gasteiger partial charge in [0.2, 0.25) is 0 Å². The molecular formula is C22H28N4O2. The number of ether oxygens (including phenoxy) is 1. The first-order valence-electron chi connectivity index (χ1n) is 10.3. The van der Waals surface area contributed by atoms with Gasteiger partial charge >= 0.3 is 0 Å². The molecule has 0 radical (unpaired) electrons. The van der Waals surface area contributed by atoms with Gasteiger partial charge in [0.15, 0.2) is 0 Å². The molecule has 1 atom stereocenters. The molecule has 3 aliphatic rings. The van der Waals surface area contributed by atoms with Gasteiger partial charge in [0, 0.05) is 55.0 Å². The number of hydrogen-bond acceptors (Lipinski definition) is 6. The van der Waals surface area contributed by atoms with Crippen molar-refractivity contribution >= 4 is 11.5 Å². The molecule has 1 spiro atoms. The van der Waals surface area contributed by atoms with Crippen molar-refractivity contribution in [3.63, 3.8) is 0 Å². The predicted molar refractivity (Wildman–Crippen MR) is 109 cm³/mol. The highest BCUT2D eigenvalue weighted by molar-refractivity contribution is 5.52. The van der Waals surface area contributed by atoms with Gasteiger partial charge in [0.05, 0.1) is 13.7 Å². The van der Waals surface area contributed by atoms with Crippen LogP contribution in [0.1, 0.15) is 43.0 Å². The van der Waals surface area contributed by atoms with Crippen molar-refractivity contribution in [2.45, 2.75) is 38.2 Å². The van der Waals surface area contributed by atoms with Crippen LogP contribution in [-0.2, 0) is 6.61 Å². The fourth-order valence-corrected chi connectivity index (χ4v) is 4.73. The van der Waals surface area contributed by atoms with E-state index in [2.05, 4.69) is 26.9 Å². The quantitative estimate of drug-likeness (QED) is 0.861. The van der Waals surface area contributed by atoms with Gasteiger partial charge in [-0.15, -0.1) is 0 Å². The van der Waals surface area contributed by atoms with E-state index < -0.39 is 0 Å². The predicted octanol–water partition coefficient (Wildman–Crippen LogP) is 2.96. The summed E-state index contributed by atoms with van der Waals surface area (Å²) in [7, 11) is 1.70. The number of rotatable bonds is 5. The zero-order chi connectivity index (χ0) is 19.1. The molecule has 148 valence electrons. The largest absolute Gasteiger partial charge is 0.497 e.